The van der Waals surface area contributed by atoms with Gasteiger partial charge in [0, 0.05) is 43.2 Å². The van der Waals surface area contributed by atoms with E-state index in [2.05, 4.69) is 10.3 Å². The number of ether oxygens (including phenoxy) is 2. The molecule has 1 aromatic carbocycles. The molecular weight excluding hydrogens is 346 g/mol. The minimum Gasteiger partial charge on any atom is -0.378 e. The molecule has 4 rings (SSSR count). The molecule has 2 amide bonds. The first kappa shape index (κ1) is 18.0. The van der Waals surface area contributed by atoms with Gasteiger partial charge in [-0.2, -0.15) is 0 Å². The number of aromatic amines is 1. The van der Waals surface area contributed by atoms with Crippen LogP contribution in [0, 0.1) is 0 Å². The highest BCUT2D eigenvalue weighted by Gasteiger charge is 2.31. The summed E-state index contributed by atoms with van der Waals surface area (Å²) >= 11 is 0. The van der Waals surface area contributed by atoms with Gasteiger partial charge in [0.05, 0.1) is 13.2 Å². The van der Waals surface area contributed by atoms with Crippen molar-refractivity contribution in [1.29, 1.82) is 0 Å². The van der Waals surface area contributed by atoms with Gasteiger partial charge in [0.25, 0.3) is 0 Å². The molecule has 2 fully saturated rings. The van der Waals surface area contributed by atoms with Crippen molar-refractivity contribution in [3.63, 3.8) is 0 Å². The highest BCUT2D eigenvalue weighted by atomic mass is 16.5. The van der Waals surface area contributed by atoms with Crippen LogP contribution in [0.25, 0.3) is 10.9 Å². The van der Waals surface area contributed by atoms with Crippen molar-refractivity contribution in [3.8, 4) is 0 Å². The van der Waals surface area contributed by atoms with Gasteiger partial charge in [0.1, 0.15) is 12.1 Å². The Morgan fingerprint density at radius 2 is 2.04 bits per heavy atom. The number of rotatable bonds is 5. The molecule has 2 aliphatic rings. The van der Waals surface area contributed by atoms with Crippen LogP contribution in [-0.2, 0) is 25.5 Å². The molecule has 1 aromatic heterocycles. The third-order valence-corrected chi connectivity index (χ3v) is 5.26. The van der Waals surface area contributed by atoms with Gasteiger partial charge in [-0.15, -0.1) is 0 Å². The van der Waals surface area contributed by atoms with Crippen LogP contribution in [-0.4, -0.2) is 66.8 Å². The predicted molar refractivity (Wildman–Crippen MR) is 100 cm³/mol. The highest BCUT2D eigenvalue weighted by molar-refractivity contribution is 5.91. The average molecular weight is 371 g/mol. The maximum atomic E-state index is 13.1. The molecule has 2 atom stereocenters. The summed E-state index contributed by atoms with van der Waals surface area (Å²) in [5, 5.41) is 4.02. The first-order chi connectivity index (χ1) is 13.2. The Kier molecular flexibility index (Phi) is 5.40. The number of hydrogen-bond donors (Lipinski definition) is 2. The van der Waals surface area contributed by atoms with Crippen molar-refractivity contribution in [2.75, 3.05) is 32.9 Å². The van der Waals surface area contributed by atoms with E-state index < -0.39 is 12.1 Å². The number of hydrogen-bond acceptors (Lipinski definition) is 4. The monoisotopic (exact) mass is 371 g/mol. The summed E-state index contributed by atoms with van der Waals surface area (Å²) in [4.78, 5) is 30.7. The van der Waals surface area contributed by atoms with E-state index in [1.54, 1.807) is 4.90 Å². The number of aromatic nitrogens is 1. The van der Waals surface area contributed by atoms with Crippen LogP contribution >= 0.6 is 0 Å². The van der Waals surface area contributed by atoms with E-state index in [9.17, 15) is 9.59 Å². The first-order valence-electron chi connectivity index (χ1n) is 9.56. The molecule has 2 aliphatic heterocycles. The van der Waals surface area contributed by atoms with Crippen molar-refractivity contribution < 1.29 is 19.1 Å². The van der Waals surface area contributed by atoms with Gasteiger partial charge in [-0.05, 0) is 24.5 Å². The van der Waals surface area contributed by atoms with Crippen LogP contribution in [0.3, 0.4) is 0 Å². The second kappa shape index (κ2) is 8.10. The molecule has 0 saturated carbocycles. The number of nitrogens with zero attached hydrogens (tertiary/aromatic N) is 1. The molecule has 0 bridgehead atoms. The lowest BCUT2D eigenvalue weighted by Gasteiger charge is -2.31. The molecule has 7 heteroatoms. The van der Waals surface area contributed by atoms with Gasteiger partial charge in [-0.1, -0.05) is 18.2 Å². The number of amides is 2. The molecule has 1 unspecified atom stereocenters. The summed E-state index contributed by atoms with van der Waals surface area (Å²) in [6.45, 7) is 2.77. The number of nitrogens with one attached hydrogen (secondary N) is 2. The molecule has 2 N–H and O–H groups in total. The van der Waals surface area contributed by atoms with Crippen molar-refractivity contribution >= 4 is 22.7 Å². The lowest BCUT2D eigenvalue weighted by atomic mass is 10.0. The molecule has 2 saturated heterocycles. The maximum absolute atomic E-state index is 13.1. The van der Waals surface area contributed by atoms with Crippen LogP contribution in [0.15, 0.2) is 30.5 Å². The lowest BCUT2D eigenvalue weighted by Crippen LogP contribution is -2.54. The number of carbonyl (C=O) groups excluding carboxylic acids is 2. The Morgan fingerprint density at radius 1 is 1.22 bits per heavy atom. The van der Waals surface area contributed by atoms with Gasteiger partial charge in [-0.25, -0.2) is 0 Å². The second-order valence-electron chi connectivity index (χ2n) is 7.06. The number of para-hydroxylation sites is 1. The standard InChI is InChI=1S/C20H25N3O4/c24-19(18-6-3-9-27-18)22-17(20(25)23-7-10-26-11-8-23)12-14-13-21-16-5-2-1-4-15(14)16/h1-2,4-5,13,17-18,21H,3,6-12H2,(H,22,24)/t17-,18?/m0/s1. The van der Waals surface area contributed by atoms with E-state index in [1.165, 1.54) is 0 Å². The molecule has 0 radical (unpaired) electrons. The van der Waals surface area contributed by atoms with Crippen molar-refractivity contribution in [2.45, 2.75) is 31.4 Å². The van der Waals surface area contributed by atoms with Crippen molar-refractivity contribution in [3.05, 3.63) is 36.0 Å². The van der Waals surface area contributed by atoms with Gasteiger partial charge in [-0.3, -0.25) is 9.59 Å². The maximum Gasteiger partial charge on any atom is 0.249 e. The SMILES string of the molecule is O=C(N[C@@H](Cc1c[nH]c2ccccc12)C(=O)N1CCOCC1)C1CCCO1. The molecule has 27 heavy (non-hydrogen) atoms. The quantitative estimate of drug-likeness (QED) is 0.828. The van der Waals surface area contributed by atoms with Gasteiger partial charge in [0.15, 0.2) is 0 Å². The fourth-order valence-electron chi connectivity index (χ4n) is 3.77. The molecule has 3 heterocycles. The Bertz CT molecular complexity index is 806. The van der Waals surface area contributed by atoms with E-state index in [4.69, 9.17) is 9.47 Å². The summed E-state index contributed by atoms with van der Waals surface area (Å²) in [6.07, 6.45) is 3.49. The van der Waals surface area contributed by atoms with Crippen LogP contribution < -0.4 is 5.32 Å². The lowest BCUT2D eigenvalue weighted by molar-refractivity contribution is -0.141. The third kappa shape index (κ3) is 3.99. The normalized spacial score (nSPS) is 21.3. The fourth-order valence-corrected chi connectivity index (χ4v) is 3.77. The number of morpholine rings is 1. The van der Waals surface area contributed by atoms with Gasteiger partial charge < -0.3 is 24.7 Å². The van der Waals surface area contributed by atoms with Gasteiger partial charge >= 0.3 is 0 Å². The minimum absolute atomic E-state index is 0.0603. The highest BCUT2D eigenvalue weighted by Crippen LogP contribution is 2.20. The summed E-state index contributed by atoms with van der Waals surface area (Å²) < 4.78 is 10.8. The van der Waals surface area contributed by atoms with Crippen LogP contribution in [0.5, 0.6) is 0 Å². The largest absolute Gasteiger partial charge is 0.378 e. The summed E-state index contributed by atoms with van der Waals surface area (Å²) in [5.74, 6) is -0.256. The average Bonchev–Trinajstić information content (AvgIpc) is 3.38. The molecule has 144 valence electrons. The van der Waals surface area contributed by atoms with Crippen LogP contribution in [0.2, 0.25) is 0 Å². The minimum atomic E-state index is -0.612. The molecular formula is C20H25N3O4. The predicted octanol–water partition coefficient (Wildman–Crippen LogP) is 1.23. The number of benzene rings is 1. The fraction of sp³-hybridized carbons (Fsp3) is 0.500. The number of carbonyl (C=O) groups is 2. The zero-order chi connectivity index (χ0) is 18.6. The Morgan fingerprint density at radius 3 is 2.81 bits per heavy atom. The Labute approximate surface area is 158 Å². The third-order valence-electron chi connectivity index (χ3n) is 5.26. The van der Waals surface area contributed by atoms with E-state index in [0.717, 1.165) is 22.9 Å². The van der Waals surface area contributed by atoms with Crippen molar-refractivity contribution in [1.82, 2.24) is 15.2 Å². The van der Waals surface area contributed by atoms with Crippen LogP contribution in [0.1, 0.15) is 18.4 Å². The van der Waals surface area contributed by atoms with Crippen LogP contribution in [0.4, 0.5) is 0 Å². The molecule has 0 aliphatic carbocycles. The topological polar surface area (TPSA) is 83.7 Å². The second-order valence-corrected chi connectivity index (χ2v) is 7.06. The summed E-state index contributed by atoms with van der Waals surface area (Å²) in [6, 6.07) is 7.36. The van der Waals surface area contributed by atoms with E-state index >= 15 is 0 Å². The zero-order valence-corrected chi connectivity index (χ0v) is 15.3. The summed E-state index contributed by atoms with van der Waals surface area (Å²) in [5.41, 5.74) is 2.04. The van der Waals surface area contributed by atoms with E-state index in [-0.39, 0.29) is 11.8 Å². The molecule has 2 aromatic rings. The number of H-pyrrole nitrogens is 1. The smallest absolute Gasteiger partial charge is 0.249 e. The van der Waals surface area contributed by atoms with Crippen molar-refractivity contribution in [2.24, 2.45) is 0 Å². The molecule has 0 spiro atoms. The zero-order valence-electron chi connectivity index (χ0n) is 15.3. The number of fused-ring (bicyclic) bond motifs is 1. The van der Waals surface area contributed by atoms with E-state index in [0.29, 0.717) is 45.8 Å². The first-order valence-corrected chi connectivity index (χ1v) is 9.56. The summed E-state index contributed by atoms with van der Waals surface area (Å²) in [7, 11) is 0. The van der Waals surface area contributed by atoms with Gasteiger partial charge in [0.2, 0.25) is 11.8 Å². The van der Waals surface area contributed by atoms with E-state index in [1.807, 2.05) is 30.5 Å². The Balaban J connectivity index is 1.54. The molecule has 7 nitrogen and oxygen atoms in total. The Hall–Kier alpha value is -2.38.